The van der Waals surface area contributed by atoms with Crippen molar-refractivity contribution in [1.29, 1.82) is 0 Å². The number of hydrogen-bond acceptors (Lipinski definition) is 0. The summed E-state index contributed by atoms with van der Waals surface area (Å²) in [6.45, 7) is 7.07. The van der Waals surface area contributed by atoms with E-state index in [9.17, 15) is 0 Å². The van der Waals surface area contributed by atoms with E-state index in [0.717, 1.165) is 5.57 Å². The summed E-state index contributed by atoms with van der Waals surface area (Å²) in [4.78, 5) is 0. The third kappa shape index (κ3) is 6.47. The lowest BCUT2D eigenvalue weighted by Gasteiger charge is -2.36. The van der Waals surface area contributed by atoms with Gasteiger partial charge in [0.1, 0.15) is 0 Å². The maximum absolute atomic E-state index is 2.72. The molecule has 1 atom stereocenters. The quantitative estimate of drug-likeness (QED) is 0.165. The average Bonchev–Trinajstić information content (AvgIpc) is 3.54. The number of allylic oxidation sites excluding steroid dienone is 10. The first-order valence-corrected chi connectivity index (χ1v) is 27.7. The number of rotatable bonds is 4. The Hall–Kier alpha value is -9.36. The van der Waals surface area contributed by atoms with Crippen molar-refractivity contribution in [3.05, 3.63) is 312 Å². The van der Waals surface area contributed by atoms with Crippen LogP contribution in [0.1, 0.15) is 54.2 Å². The minimum absolute atomic E-state index is 0.0667. The van der Waals surface area contributed by atoms with Crippen LogP contribution in [0.15, 0.2) is 278 Å². The van der Waals surface area contributed by atoms with Gasteiger partial charge < -0.3 is 0 Å². The highest BCUT2D eigenvalue weighted by Gasteiger charge is 2.48. The van der Waals surface area contributed by atoms with Crippen molar-refractivity contribution in [2.75, 3.05) is 0 Å². The molecule has 0 saturated heterocycles. The SMILES string of the molecule is CC(C)(C)C1=CC(C2(C=C(C=C3c4ccc5ccccc5c4-c4c3ccc3ccccc43)C=C3c4ccc5ccccc5c4-c4c3ccc3ccccc43)c3ccc4ccccc4c3-c3c2ccc2ccccc32)C=CC=C1. The molecule has 16 rings (SSSR count). The van der Waals surface area contributed by atoms with E-state index in [2.05, 4.69) is 288 Å². The minimum atomic E-state index is -0.671. The Morgan fingerprint density at radius 2 is 0.679 bits per heavy atom. The molecule has 12 aromatic carbocycles. The molecule has 12 aromatic rings. The first-order chi connectivity index (χ1) is 38.3. The summed E-state index contributed by atoms with van der Waals surface area (Å²) >= 11 is 0. The Bertz CT molecular complexity index is 4370. The summed E-state index contributed by atoms with van der Waals surface area (Å²) in [5.74, 6) is -0.0667. The molecule has 0 fully saturated rings. The monoisotopic (exact) mass is 990 g/mol. The van der Waals surface area contributed by atoms with Gasteiger partial charge in [-0.2, -0.15) is 0 Å². The zero-order valence-corrected chi connectivity index (χ0v) is 44.0. The van der Waals surface area contributed by atoms with Crippen LogP contribution < -0.4 is 0 Å². The molecule has 0 N–H and O–H groups in total. The predicted molar refractivity (Wildman–Crippen MR) is 333 cm³/mol. The van der Waals surface area contributed by atoms with Crippen molar-refractivity contribution >= 4 is 75.8 Å². The molecule has 0 radical (unpaired) electrons. The number of hydrogen-bond donors (Lipinski definition) is 0. The van der Waals surface area contributed by atoms with Gasteiger partial charge in [-0.05, 0) is 171 Å². The van der Waals surface area contributed by atoms with Gasteiger partial charge in [0.15, 0.2) is 0 Å². The van der Waals surface area contributed by atoms with Gasteiger partial charge in [-0.15, -0.1) is 0 Å². The van der Waals surface area contributed by atoms with Gasteiger partial charge in [-0.3, -0.25) is 0 Å². The summed E-state index contributed by atoms with van der Waals surface area (Å²) in [5.41, 5.74) is 19.8. The summed E-state index contributed by atoms with van der Waals surface area (Å²) in [6.07, 6.45) is 19.9. The maximum Gasteiger partial charge on any atom is 0.0500 e. The largest absolute Gasteiger partial charge is 0.0761 e. The topological polar surface area (TPSA) is 0 Å². The molecule has 366 valence electrons. The van der Waals surface area contributed by atoms with Gasteiger partial charge >= 0.3 is 0 Å². The Balaban J connectivity index is 1.09. The molecular formula is C78H54. The van der Waals surface area contributed by atoms with Crippen LogP contribution in [0.25, 0.3) is 109 Å². The van der Waals surface area contributed by atoms with Gasteiger partial charge in [0.25, 0.3) is 0 Å². The van der Waals surface area contributed by atoms with Crippen LogP contribution in [-0.2, 0) is 5.41 Å². The third-order valence-corrected chi connectivity index (χ3v) is 17.8. The molecule has 0 spiro atoms. The van der Waals surface area contributed by atoms with Crippen LogP contribution in [0, 0.1) is 11.3 Å². The second-order valence-corrected chi connectivity index (χ2v) is 23.0. The van der Waals surface area contributed by atoms with Gasteiger partial charge in [-0.1, -0.05) is 276 Å². The summed E-state index contributed by atoms with van der Waals surface area (Å²) in [5, 5.41) is 15.2. The van der Waals surface area contributed by atoms with Crippen LogP contribution in [0.5, 0.6) is 0 Å². The molecule has 0 aromatic heterocycles. The molecule has 0 heteroatoms. The predicted octanol–water partition coefficient (Wildman–Crippen LogP) is 20.7. The molecule has 1 unspecified atom stereocenters. The van der Waals surface area contributed by atoms with Crippen LogP contribution in [-0.4, -0.2) is 0 Å². The van der Waals surface area contributed by atoms with Crippen molar-refractivity contribution in [1.82, 2.24) is 0 Å². The molecule has 0 saturated carbocycles. The highest BCUT2D eigenvalue weighted by atomic mass is 14.5. The first kappa shape index (κ1) is 44.9. The lowest BCUT2D eigenvalue weighted by atomic mass is 9.65. The number of fused-ring (bicyclic) bond motifs is 21. The molecule has 0 amide bonds. The first-order valence-electron chi connectivity index (χ1n) is 27.7. The van der Waals surface area contributed by atoms with E-state index in [1.54, 1.807) is 0 Å². The Morgan fingerprint density at radius 3 is 1.03 bits per heavy atom. The summed E-state index contributed by atoms with van der Waals surface area (Å²) < 4.78 is 0. The van der Waals surface area contributed by atoms with Crippen LogP contribution >= 0.6 is 0 Å². The number of benzene rings is 12. The molecule has 4 aliphatic carbocycles. The second kappa shape index (κ2) is 16.8. The standard InChI is InChI=1S/C78H54/c1-77(2,3)55-24-10-11-25-56(46-55)78(69-42-36-53-22-8-16-30-61(53)75(69)76-62-31-17-9-23-54(62)37-43-70(76)78)47-48(44-67-63-38-32-49-18-4-12-26-57(49)71(63)72-58-27-13-5-19-50(58)33-39-64(67)72)45-68-65-40-34-51-20-6-14-28-59(51)73(65)74-60-29-15-7-21-52(60)35-41-66(68)74/h4-47,56H,1-3H3. The molecule has 0 nitrogen and oxygen atoms in total. The van der Waals surface area contributed by atoms with Gasteiger partial charge in [0, 0.05) is 5.92 Å². The molecule has 0 heterocycles. The van der Waals surface area contributed by atoms with E-state index in [1.165, 1.54) is 148 Å². The maximum atomic E-state index is 2.72. The minimum Gasteiger partial charge on any atom is -0.0761 e. The van der Waals surface area contributed by atoms with Crippen molar-refractivity contribution in [2.24, 2.45) is 11.3 Å². The Labute approximate surface area is 455 Å². The molecule has 0 aliphatic heterocycles. The molecule has 4 aliphatic rings. The zero-order valence-electron chi connectivity index (χ0n) is 44.0. The average molecular weight is 991 g/mol. The third-order valence-electron chi connectivity index (χ3n) is 17.8. The zero-order chi connectivity index (χ0) is 51.9. The molecule has 0 bridgehead atoms. The lowest BCUT2D eigenvalue weighted by Crippen LogP contribution is -2.32. The van der Waals surface area contributed by atoms with Gasteiger partial charge in [0.2, 0.25) is 0 Å². The van der Waals surface area contributed by atoms with E-state index in [0.29, 0.717) is 0 Å². The fraction of sp³-hybridized carbons (Fsp3) is 0.0769. The van der Waals surface area contributed by atoms with E-state index in [4.69, 9.17) is 0 Å². The van der Waals surface area contributed by atoms with E-state index in [1.807, 2.05) is 0 Å². The Kier molecular flexibility index (Phi) is 9.68. The summed E-state index contributed by atoms with van der Waals surface area (Å²) in [7, 11) is 0. The normalized spacial score (nSPS) is 15.5. The van der Waals surface area contributed by atoms with Crippen LogP contribution in [0.2, 0.25) is 0 Å². The smallest absolute Gasteiger partial charge is 0.0500 e. The molecule has 78 heavy (non-hydrogen) atoms. The lowest BCUT2D eigenvalue weighted by molar-refractivity contribution is 0.496. The Morgan fingerprint density at radius 1 is 0.359 bits per heavy atom. The fourth-order valence-electron chi connectivity index (χ4n) is 14.3. The van der Waals surface area contributed by atoms with Crippen molar-refractivity contribution in [3.63, 3.8) is 0 Å². The van der Waals surface area contributed by atoms with Crippen molar-refractivity contribution in [3.8, 4) is 33.4 Å². The van der Waals surface area contributed by atoms with Crippen LogP contribution in [0.4, 0.5) is 0 Å². The molecular weight excluding hydrogens is 937 g/mol. The fourth-order valence-corrected chi connectivity index (χ4v) is 14.3. The van der Waals surface area contributed by atoms with Crippen molar-refractivity contribution in [2.45, 2.75) is 26.2 Å². The highest BCUT2D eigenvalue weighted by molar-refractivity contribution is 6.21. The van der Waals surface area contributed by atoms with Crippen LogP contribution in [0.3, 0.4) is 0 Å². The van der Waals surface area contributed by atoms with E-state index < -0.39 is 5.41 Å². The highest BCUT2D eigenvalue weighted by Crippen LogP contribution is 2.61. The van der Waals surface area contributed by atoms with Gasteiger partial charge in [-0.25, -0.2) is 0 Å². The second-order valence-electron chi connectivity index (χ2n) is 23.0. The van der Waals surface area contributed by atoms with E-state index in [-0.39, 0.29) is 11.3 Å². The van der Waals surface area contributed by atoms with Crippen molar-refractivity contribution < 1.29 is 0 Å². The summed E-state index contributed by atoms with van der Waals surface area (Å²) in [6, 6.07) is 82.6. The van der Waals surface area contributed by atoms with Gasteiger partial charge in [0.05, 0.1) is 5.41 Å². The van der Waals surface area contributed by atoms with E-state index >= 15 is 0 Å².